The number of benzene rings is 1. The van der Waals surface area contributed by atoms with Gasteiger partial charge < -0.3 is 19.7 Å². The minimum absolute atomic E-state index is 0.0486. The highest BCUT2D eigenvalue weighted by Gasteiger charge is 2.30. The van der Waals surface area contributed by atoms with E-state index in [1.165, 1.54) is 17.0 Å². The number of carbonyl (C=O) groups excluding carboxylic acids is 2. The first-order valence-corrected chi connectivity index (χ1v) is 8.47. The third-order valence-corrected chi connectivity index (χ3v) is 3.23. The van der Waals surface area contributed by atoms with E-state index in [2.05, 4.69) is 5.32 Å². The van der Waals surface area contributed by atoms with E-state index < -0.39 is 29.5 Å². The number of rotatable bonds is 6. The van der Waals surface area contributed by atoms with Crippen LogP contribution in [0.25, 0.3) is 0 Å². The van der Waals surface area contributed by atoms with Crippen LogP contribution in [-0.2, 0) is 22.2 Å². The van der Waals surface area contributed by atoms with Gasteiger partial charge in [0, 0.05) is 19.6 Å². The Balaban J connectivity index is 2.69. The lowest BCUT2D eigenvalue weighted by Crippen LogP contribution is -2.40. The Labute approximate surface area is 156 Å². The number of alkyl halides is 3. The molecule has 0 saturated carbocycles. The molecule has 9 heteroatoms. The molecule has 0 radical (unpaired) electrons. The highest BCUT2D eigenvalue weighted by Crippen LogP contribution is 2.29. The van der Waals surface area contributed by atoms with Gasteiger partial charge in [-0.05, 0) is 45.4 Å². The molecule has 1 N–H and O–H groups in total. The van der Waals surface area contributed by atoms with Gasteiger partial charge in [-0.3, -0.25) is 0 Å². The van der Waals surface area contributed by atoms with Crippen LogP contribution in [0, 0.1) is 0 Å². The van der Waals surface area contributed by atoms with Crippen molar-refractivity contribution in [3.63, 3.8) is 0 Å². The van der Waals surface area contributed by atoms with Crippen LogP contribution < -0.4 is 5.32 Å². The molecular weight excluding hydrogens is 365 g/mol. The Hall–Kier alpha value is -2.45. The summed E-state index contributed by atoms with van der Waals surface area (Å²) in [6.45, 7) is 7.24. The number of alkyl carbamates (subject to hydrolysis) is 1. The molecule has 0 heterocycles. The summed E-state index contributed by atoms with van der Waals surface area (Å²) in [5, 5.41) is 2.52. The first-order chi connectivity index (χ1) is 12.4. The van der Waals surface area contributed by atoms with E-state index >= 15 is 0 Å². The van der Waals surface area contributed by atoms with Gasteiger partial charge in [0.05, 0.1) is 12.2 Å². The third kappa shape index (κ3) is 8.65. The van der Waals surface area contributed by atoms with Gasteiger partial charge in [-0.1, -0.05) is 12.1 Å². The first-order valence-electron chi connectivity index (χ1n) is 8.47. The fourth-order valence-corrected chi connectivity index (χ4v) is 2.08. The van der Waals surface area contributed by atoms with Crippen molar-refractivity contribution >= 4 is 12.2 Å². The van der Waals surface area contributed by atoms with Crippen LogP contribution in [0.3, 0.4) is 0 Å². The van der Waals surface area contributed by atoms with E-state index in [1.807, 2.05) is 0 Å². The van der Waals surface area contributed by atoms with Crippen LogP contribution in [0.2, 0.25) is 0 Å². The predicted molar refractivity (Wildman–Crippen MR) is 93.1 cm³/mol. The molecule has 1 rings (SSSR count). The highest BCUT2D eigenvalue weighted by molar-refractivity contribution is 5.69. The summed E-state index contributed by atoms with van der Waals surface area (Å²) in [6, 6.07) is 4.52. The Bertz CT molecular complexity index is 625. The molecule has 0 aliphatic carbocycles. The monoisotopic (exact) mass is 390 g/mol. The van der Waals surface area contributed by atoms with Crippen LogP contribution in [0.4, 0.5) is 22.8 Å². The summed E-state index contributed by atoms with van der Waals surface area (Å²) >= 11 is 0. The molecule has 2 amide bonds. The molecule has 0 saturated heterocycles. The molecule has 0 unspecified atom stereocenters. The fraction of sp³-hybridized carbons (Fsp3) is 0.556. The second kappa shape index (κ2) is 9.48. The number of amides is 2. The van der Waals surface area contributed by atoms with Crippen LogP contribution in [-0.4, -0.2) is 42.4 Å². The maximum Gasteiger partial charge on any atom is 0.416 e. The lowest BCUT2D eigenvalue weighted by atomic mass is 10.1. The zero-order valence-corrected chi connectivity index (χ0v) is 15.9. The van der Waals surface area contributed by atoms with E-state index in [0.717, 1.165) is 12.1 Å². The van der Waals surface area contributed by atoms with Gasteiger partial charge in [0.2, 0.25) is 0 Å². The molecule has 6 nitrogen and oxygen atoms in total. The SMILES string of the molecule is CCOC(=O)N(CCNC(=O)OC(C)(C)C)Cc1ccc(C(F)(F)F)cc1. The summed E-state index contributed by atoms with van der Waals surface area (Å²) in [4.78, 5) is 25.0. The highest BCUT2D eigenvalue weighted by atomic mass is 19.4. The summed E-state index contributed by atoms with van der Waals surface area (Å²) in [6.07, 6.45) is -5.67. The zero-order valence-electron chi connectivity index (χ0n) is 15.9. The van der Waals surface area contributed by atoms with Crippen molar-refractivity contribution in [2.45, 2.75) is 46.0 Å². The molecule has 0 aliphatic heterocycles. The normalized spacial score (nSPS) is 11.7. The Morgan fingerprint density at radius 3 is 2.19 bits per heavy atom. The molecule has 0 bridgehead atoms. The Morgan fingerprint density at radius 1 is 1.11 bits per heavy atom. The topological polar surface area (TPSA) is 67.9 Å². The van der Waals surface area contributed by atoms with Crippen molar-refractivity contribution in [1.82, 2.24) is 10.2 Å². The number of hydrogen-bond donors (Lipinski definition) is 1. The van der Waals surface area contributed by atoms with Crippen LogP contribution in [0.1, 0.15) is 38.8 Å². The summed E-state index contributed by atoms with van der Waals surface area (Å²) in [5.74, 6) is 0. The predicted octanol–water partition coefficient (Wildman–Crippen LogP) is 4.19. The van der Waals surface area contributed by atoms with Gasteiger partial charge in [0.15, 0.2) is 0 Å². The van der Waals surface area contributed by atoms with Gasteiger partial charge in [0.1, 0.15) is 5.60 Å². The Kier molecular flexibility index (Phi) is 7.93. The lowest BCUT2D eigenvalue weighted by molar-refractivity contribution is -0.137. The summed E-state index contributed by atoms with van der Waals surface area (Å²) in [7, 11) is 0. The molecule has 0 spiro atoms. The molecule has 27 heavy (non-hydrogen) atoms. The average molecular weight is 390 g/mol. The van der Waals surface area contributed by atoms with E-state index in [0.29, 0.717) is 5.56 Å². The smallest absolute Gasteiger partial charge is 0.416 e. The number of halogens is 3. The van der Waals surface area contributed by atoms with Crippen molar-refractivity contribution in [3.05, 3.63) is 35.4 Å². The molecule has 0 atom stereocenters. The largest absolute Gasteiger partial charge is 0.450 e. The van der Waals surface area contributed by atoms with Crippen LogP contribution >= 0.6 is 0 Å². The lowest BCUT2D eigenvalue weighted by Gasteiger charge is -2.23. The maximum absolute atomic E-state index is 12.6. The maximum atomic E-state index is 12.6. The molecule has 0 fully saturated rings. The minimum Gasteiger partial charge on any atom is -0.450 e. The number of carbonyl (C=O) groups is 2. The second-order valence-corrected chi connectivity index (χ2v) is 6.74. The van der Waals surface area contributed by atoms with Gasteiger partial charge in [0.25, 0.3) is 0 Å². The molecule has 0 aliphatic rings. The zero-order chi connectivity index (χ0) is 20.7. The number of ether oxygens (including phenoxy) is 2. The molecule has 0 aromatic heterocycles. The van der Waals surface area contributed by atoms with Gasteiger partial charge >= 0.3 is 18.4 Å². The number of hydrogen-bond acceptors (Lipinski definition) is 4. The summed E-state index contributed by atoms with van der Waals surface area (Å²) < 4.78 is 48.0. The quantitative estimate of drug-likeness (QED) is 0.791. The molecule has 152 valence electrons. The number of nitrogens with zero attached hydrogens (tertiary/aromatic N) is 1. The van der Waals surface area contributed by atoms with Gasteiger partial charge in [-0.15, -0.1) is 0 Å². The molecule has 1 aromatic carbocycles. The van der Waals surface area contributed by atoms with Crippen LogP contribution in [0.5, 0.6) is 0 Å². The molecule has 1 aromatic rings. The second-order valence-electron chi connectivity index (χ2n) is 6.74. The third-order valence-electron chi connectivity index (χ3n) is 3.23. The van der Waals surface area contributed by atoms with Crippen molar-refractivity contribution in [2.75, 3.05) is 19.7 Å². The van der Waals surface area contributed by atoms with E-state index in [-0.39, 0.29) is 26.2 Å². The molecular formula is C18H25F3N2O4. The van der Waals surface area contributed by atoms with E-state index in [9.17, 15) is 22.8 Å². The average Bonchev–Trinajstić information content (AvgIpc) is 2.52. The van der Waals surface area contributed by atoms with Crippen molar-refractivity contribution in [2.24, 2.45) is 0 Å². The Morgan fingerprint density at radius 2 is 1.70 bits per heavy atom. The summed E-state index contributed by atoms with van der Waals surface area (Å²) in [5.41, 5.74) is -0.903. The van der Waals surface area contributed by atoms with Crippen molar-refractivity contribution in [1.29, 1.82) is 0 Å². The fourth-order valence-electron chi connectivity index (χ4n) is 2.08. The van der Waals surface area contributed by atoms with Crippen molar-refractivity contribution in [3.8, 4) is 0 Å². The number of nitrogens with one attached hydrogen (secondary N) is 1. The minimum atomic E-state index is -4.42. The van der Waals surface area contributed by atoms with E-state index in [1.54, 1.807) is 27.7 Å². The van der Waals surface area contributed by atoms with Gasteiger partial charge in [-0.25, -0.2) is 9.59 Å². The standard InChI is InChI=1S/C18H25F3N2O4/c1-5-26-16(25)23(11-10-22-15(24)27-17(2,3)4)12-13-6-8-14(9-7-13)18(19,20)21/h6-9H,5,10-12H2,1-4H3,(H,22,24). The van der Waals surface area contributed by atoms with Crippen LogP contribution in [0.15, 0.2) is 24.3 Å². The first kappa shape index (κ1) is 22.6. The van der Waals surface area contributed by atoms with E-state index in [4.69, 9.17) is 9.47 Å². The van der Waals surface area contributed by atoms with Crippen molar-refractivity contribution < 1.29 is 32.2 Å². The van der Waals surface area contributed by atoms with Gasteiger partial charge in [-0.2, -0.15) is 13.2 Å².